The Morgan fingerprint density at radius 1 is 1.00 bits per heavy atom. The molecular weight excluding hydrogens is 341 g/mol. The first-order valence-corrected chi connectivity index (χ1v) is 8.68. The first-order chi connectivity index (χ1) is 12.5. The minimum absolute atomic E-state index is 0.0709. The molecule has 2 aromatic rings. The molecule has 1 aliphatic heterocycles. The van der Waals surface area contributed by atoms with Gasteiger partial charge in [-0.1, -0.05) is 48.5 Å². The predicted octanol–water partition coefficient (Wildman–Crippen LogP) is 4.16. The van der Waals surface area contributed by atoms with Crippen molar-refractivity contribution in [3.8, 4) is 0 Å². The van der Waals surface area contributed by atoms with Crippen LogP contribution in [0.1, 0.15) is 35.6 Å². The van der Waals surface area contributed by atoms with E-state index in [0.29, 0.717) is 0 Å². The summed E-state index contributed by atoms with van der Waals surface area (Å²) in [5.41, 5.74) is 0.218. The largest absolute Gasteiger partial charge is 0.416 e. The van der Waals surface area contributed by atoms with Crippen LogP contribution in [-0.4, -0.2) is 23.9 Å². The van der Waals surface area contributed by atoms with Crippen LogP contribution in [-0.2, 0) is 17.5 Å². The number of hydrogen-bond acceptors (Lipinski definition) is 2. The molecule has 0 aromatic heterocycles. The summed E-state index contributed by atoms with van der Waals surface area (Å²) in [7, 11) is 0. The molecule has 1 atom stereocenters. The summed E-state index contributed by atoms with van der Waals surface area (Å²) >= 11 is 0. The van der Waals surface area contributed by atoms with Gasteiger partial charge in [0.1, 0.15) is 6.04 Å². The van der Waals surface area contributed by atoms with Crippen LogP contribution in [0.3, 0.4) is 0 Å². The van der Waals surface area contributed by atoms with Crippen molar-refractivity contribution in [3.05, 3.63) is 71.3 Å². The maximum absolute atomic E-state index is 13.1. The van der Waals surface area contributed by atoms with E-state index in [9.17, 15) is 18.0 Å². The zero-order chi connectivity index (χ0) is 18.6. The molecule has 1 amide bonds. The smallest absolute Gasteiger partial charge is 0.350 e. The lowest BCUT2D eigenvalue weighted by Crippen LogP contribution is -2.39. The highest BCUT2D eigenvalue weighted by atomic mass is 19.4. The van der Waals surface area contributed by atoms with Crippen LogP contribution in [0.15, 0.2) is 54.6 Å². The monoisotopic (exact) mass is 362 g/mol. The van der Waals surface area contributed by atoms with Crippen LogP contribution in [0.4, 0.5) is 13.2 Å². The van der Waals surface area contributed by atoms with Crippen molar-refractivity contribution in [2.45, 2.75) is 31.6 Å². The van der Waals surface area contributed by atoms with E-state index in [1.54, 1.807) is 6.07 Å². The molecule has 6 heteroatoms. The fourth-order valence-corrected chi connectivity index (χ4v) is 3.39. The molecule has 1 heterocycles. The lowest BCUT2D eigenvalue weighted by Gasteiger charge is -2.27. The van der Waals surface area contributed by atoms with Crippen LogP contribution in [0, 0.1) is 0 Å². The third-order valence-electron chi connectivity index (χ3n) is 4.65. The Morgan fingerprint density at radius 3 is 2.27 bits per heavy atom. The van der Waals surface area contributed by atoms with E-state index in [2.05, 4.69) is 10.2 Å². The number of carbonyl (C=O) groups excluding carboxylic acids is 1. The molecule has 0 spiro atoms. The Kier molecular flexibility index (Phi) is 5.61. The third kappa shape index (κ3) is 4.25. The molecule has 1 fully saturated rings. The summed E-state index contributed by atoms with van der Waals surface area (Å²) in [6, 6.07) is 14.2. The summed E-state index contributed by atoms with van der Waals surface area (Å²) in [6.45, 7) is 1.48. The van der Waals surface area contributed by atoms with E-state index in [4.69, 9.17) is 0 Å². The molecule has 0 aliphatic carbocycles. The molecule has 3 rings (SSSR count). The van der Waals surface area contributed by atoms with Crippen molar-refractivity contribution in [2.75, 3.05) is 13.1 Å². The van der Waals surface area contributed by atoms with Gasteiger partial charge in [-0.25, -0.2) is 0 Å². The summed E-state index contributed by atoms with van der Waals surface area (Å²) in [5, 5.41) is 2.71. The summed E-state index contributed by atoms with van der Waals surface area (Å²) in [4.78, 5) is 14.9. The molecule has 138 valence electrons. The van der Waals surface area contributed by atoms with Crippen molar-refractivity contribution in [3.63, 3.8) is 0 Å². The van der Waals surface area contributed by atoms with Gasteiger partial charge >= 0.3 is 6.18 Å². The highest BCUT2D eigenvalue weighted by molar-refractivity contribution is 5.83. The number of alkyl halides is 3. The lowest BCUT2D eigenvalue weighted by atomic mass is 10.0. The molecule has 26 heavy (non-hydrogen) atoms. The SMILES string of the molecule is O=C(NCc1ccccc1C(F)(F)F)C(c1ccccc1)N1CCCC1. The topological polar surface area (TPSA) is 32.3 Å². The standard InChI is InChI=1S/C20H21F3N2O/c21-20(22,23)17-11-5-4-10-16(17)14-24-19(26)18(25-12-6-7-13-25)15-8-2-1-3-9-15/h1-5,8-11,18H,6-7,12-14H2,(H,24,26). The Morgan fingerprint density at radius 2 is 1.62 bits per heavy atom. The molecule has 0 radical (unpaired) electrons. The molecular formula is C20H21F3N2O. The van der Waals surface area contributed by atoms with Gasteiger partial charge in [0.25, 0.3) is 0 Å². The Bertz CT molecular complexity index is 740. The third-order valence-corrected chi connectivity index (χ3v) is 4.65. The van der Waals surface area contributed by atoms with Gasteiger partial charge in [0.2, 0.25) is 5.91 Å². The van der Waals surface area contributed by atoms with E-state index >= 15 is 0 Å². The number of nitrogens with one attached hydrogen (secondary N) is 1. The second-order valence-corrected chi connectivity index (χ2v) is 6.43. The number of halogens is 3. The minimum atomic E-state index is -4.44. The van der Waals surface area contributed by atoms with Crippen LogP contribution in [0.5, 0.6) is 0 Å². The lowest BCUT2D eigenvalue weighted by molar-refractivity contribution is -0.138. The molecule has 1 aliphatic rings. The van der Waals surface area contributed by atoms with Crippen molar-refractivity contribution < 1.29 is 18.0 Å². The van der Waals surface area contributed by atoms with Gasteiger partial charge < -0.3 is 5.32 Å². The number of rotatable bonds is 5. The van der Waals surface area contributed by atoms with E-state index in [1.807, 2.05) is 30.3 Å². The number of nitrogens with zero attached hydrogens (tertiary/aromatic N) is 1. The fraction of sp³-hybridized carbons (Fsp3) is 0.350. The van der Waals surface area contributed by atoms with Crippen molar-refractivity contribution in [1.29, 1.82) is 0 Å². The van der Waals surface area contributed by atoms with Crippen LogP contribution >= 0.6 is 0 Å². The first kappa shape index (κ1) is 18.5. The average Bonchev–Trinajstić information content (AvgIpc) is 3.15. The van der Waals surface area contributed by atoms with Gasteiger partial charge in [0.05, 0.1) is 5.56 Å². The van der Waals surface area contributed by atoms with Crippen molar-refractivity contribution in [2.24, 2.45) is 0 Å². The van der Waals surface area contributed by atoms with Gasteiger partial charge in [-0.2, -0.15) is 13.2 Å². The molecule has 1 unspecified atom stereocenters. The van der Waals surface area contributed by atoms with Crippen molar-refractivity contribution in [1.82, 2.24) is 10.2 Å². The average molecular weight is 362 g/mol. The molecule has 1 N–H and O–H groups in total. The zero-order valence-electron chi connectivity index (χ0n) is 14.3. The molecule has 1 saturated heterocycles. The number of likely N-dealkylation sites (tertiary alicyclic amines) is 1. The maximum Gasteiger partial charge on any atom is 0.416 e. The van der Waals surface area contributed by atoms with Gasteiger partial charge in [-0.05, 0) is 43.1 Å². The Balaban J connectivity index is 1.77. The molecule has 0 bridgehead atoms. The summed E-state index contributed by atoms with van der Waals surface area (Å²) in [6.07, 6.45) is -2.39. The van der Waals surface area contributed by atoms with Crippen LogP contribution in [0.2, 0.25) is 0 Å². The second-order valence-electron chi connectivity index (χ2n) is 6.43. The van der Waals surface area contributed by atoms with Crippen LogP contribution < -0.4 is 5.32 Å². The van der Waals surface area contributed by atoms with E-state index in [0.717, 1.165) is 37.6 Å². The Hall–Kier alpha value is -2.34. The van der Waals surface area contributed by atoms with E-state index in [-0.39, 0.29) is 18.0 Å². The highest BCUT2D eigenvalue weighted by Crippen LogP contribution is 2.32. The van der Waals surface area contributed by atoms with Gasteiger partial charge in [0.15, 0.2) is 0 Å². The van der Waals surface area contributed by atoms with E-state index < -0.39 is 17.8 Å². The molecule has 3 nitrogen and oxygen atoms in total. The molecule has 0 saturated carbocycles. The highest BCUT2D eigenvalue weighted by Gasteiger charge is 2.34. The zero-order valence-corrected chi connectivity index (χ0v) is 14.3. The van der Waals surface area contributed by atoms with Crippen molar-refractivity contribution >= 4 is 5.91 Å². The summed E-state index contributed by atoms with van der Waals surface area (Å²) in [5.74, 6) is -0.268. The Labute approximate surface area is 150 Å². The number of benzene rings is 2. The quantitative estimate of drug-likeness (QED) is 0.866. The number of carbonyl (C=O) groups is 1. The second kappa shape index (κ2) is 7.91. The number of hydrogen-bond donors (Lipinski definition) is 1. The van der Waals surface area contributed by atoms with Gasteiger partial charge in [-0.15, -0.1) is 0 Å². The first-order valence-electron chi connectivity index (χ1n) is 8.68. The van der Waals surface area contributed by atoms with Gasteiger partial charge in [0, 0.05) is 6.54 Å². The maximum atomic E-state index is 13.1. The van der Waals surface area contributed by atoms with Gasteiger partial charge in [-0.3, -0.25) is 9.69 Å². The predicted molar refractivity (Wildman–Crippen MR) is 93.3 cm³/mol. The molecule has 2 aromatic carbocycles. The normalized spacial score (nSPS) is 16.4. The minimum Gasteiger partial charge on any atom is -0.350 e. The fourth-order valence-electron chi connectivity index (χ4n) is 3.39. The summed E-state index contributed by atoms with van der Waals surface area (Å²) < 4.78 is 39.4. The number of amides is 1. The van der Waals surface area contributed by atoms with Crippen LogP contribution in [0.25, 0.3) is 0 Å². The van der Waals surface area contributed by atoms with E-state index in [1.165, 1.54) is 12.1 Å².